The summed E-state index contributed by atoms with van der Waals surface area (Å²) in [6, 6.07) is 20.1. The molecule has 12 heteroatoms. The molecule has 0 saturated carbocycles. The standard InChI is InChI=1S/C31H36N4O7S/c1-21(22-8-5-4-6-9-22)33-16-18-34(19-17-33)26-11-7-10-24-29(26)31(37)35(30(24)36)25(14-15-32-43(38,39)40)23-12-13-27(41-2)28(20-23)42-3/h4-13,20-21,25,32H,14-19H2,1-3H3,(H,38,39,40)/t21-,25-/m1/s1. The number of methoxy groups -OCH3 is 2. The highest BCUT2D eigenvalue weighted by Crippen LogP contribution is 2.40. The lowest BCUT2D eigenvalue weighted by atomic mass is 10.0. The van der Waals surface area contributed by atoms with Gasteiger partial charge in [0.25, 0.3) is 11.8 Å². The lowest BCUT2D eigenvalue weighted by Crippen LogP contribution is -2.47. The van der Waals surface area contributed by atoms with Crippen molar-refractivity contribution in [1.29, 1.82) is 0 Å². The van der Waals surface area contributed by atoms with Crippen LogP contribution in [0.3, 0.4) is 0 Å². The Kier molecular flexibility index (Phi) is 9.02. The molecule has 0 radical (unpaired) electrons. The number of hydrogen-bond donors (Lipinski definition) is 2. The molecule has 5 rings (SSSR count). The molecule has 2 atom stereocenters. The Morgan fingerprint density at radius 3 is 2.21 bits per heavy atom. The first-order chi connectivity index (χ1) is 20.6. The number of imide groups is 1. The van der Waals surface area contributed by atoms with Gasteiger partial charge in [-0.05, 0) is 48.7 Å². The van der Waals surface area contributed by atoms with Gasteiger partial charge in [-0.2, -0.15) is 13.1 Å². The van der Waals surface area contributed by atoms with Gasteiger partial charge >= 0.3 is 10.3 Å². The van der Waals surface area contributed by atoms with Crippen molar-refractivity contribution in [3.8, 4) is 11.5 Å². The van der Waals surface area contributed by atoms with Crippen LogP contribution >= 0.6 is 0 Å². The zero-order valence-corrected chi connectivity index (χ0v) is 25.2. The number of carbonyl (C=O) groups excluding carboxylic acids is 2. The van der Waals surface area contributed by atoms with Crippen molar-refractivity contribution in [3.63, 3.8) is 0 Å². The van der Waals surface area contributed by atoms with Gasteiger partial charge in [-0.25, -0.2) is 0 Å². The summed E-state index contributed by atoms with van der Waals surface area (Å²) in [6.45, 7) is 4.94. The van der Waals surface area contributed by atoms with Gasteiger partial charge in [-0.3, -0.25) is 23.9 Å². The number of ether oxygens (including phenoxy) is 2. The molecule has 3 aromatic rings. The van der Waals surface area contributed by atoms with E-state index in [2.05, 4.69) is 28.9 Å². The van der Waals surface area contributed by atoms with Gasteiger partial charge in [-0.15, -0.1) is 0 Å². The maximum atomic E-state index is 14.1. The number of fused-ring (bicyclic) bond motifs is 1. The summed E-state index contributed by atoms with van der Waals surface area (Å²) in [4.78, 5) is 33.7. The number of amides is 2. The highest BCUT2D eigenvalue weighted by Gasteiger charge is 2.43. The third kappa shape index (κ3) is 6.37. The third-order valence-corrected chi connectivity index (χ3v) is 8.78. The van der Waals surface area contributed by atoms with Gasteiger partial charge in [0.1, 0.15) is 0 Å². The molecular formula is C31H36N4O7S. The molecule has 228 valence electrons. The summed E-state index contributed by atoms with van der Waals surface area (Å²) in [5.41, 5.74) is 3.14. The van der Waals surface area contributed by atoms with E-state index in [0.29, 0.717) is 47.0 Å². The van der Waals surface area contributed by atoms with Crippen molar-refractivity contribution in [3.05, 3.63) is 89.0 Å². The minimum absolute atomic E-state index is 0.0200. The van der Waals surface area contributed by atoms with Gasteiger partial charge in [-0.1, -0.05) is 42.5 Å². The van der Waals surface area contributed by atoms with Gasteiger partial charge < -0.3 is 14.4 Å². The molecule has 0 aromatic heterocycles. The summed E-state index contributed by atoms with van der Waals surface area (Å²) in [5.74, 6) is -0.0637. The van der Waals surface area contributed by atoms with Crippen molar-refractivity contribution in [1.82, 2.24) is 14.5 Å². The summed E-state index contributed by atoms with van der Waals surface area (Å²) >= 11 is 0. The zero-order chi connectivity index (χ0) is 30.7. The molecule has 0 spiro atoms. The Bertz CT molecular complexity index is 1590. The number of nitrogens with one attached hydrogen (secondary N) is 1. The summed E-state index contributed by atoms with van der Waals surface area (Å²) in [7, 11) is -1.50. The van der Waals surface area contributed by atoms with E-state index in [4.69, 9.17) is 9.47 Å². The molecule has 2 heterocycles. The fourth-order valence-corrected chi connectivity index (χ4v) is 6.33. The van der Waals surface area contributed by atoms with Crippen molar-refractivity contribution in [2.75, 3.05) is 51.8 Å². The SMILES string of the molecule is COc1ccc([C@@H](CCNS(=O)(=O)O)N2C(=O)c3cccc(N4CCN([C@H](C)c5ccccc5)CC4)c3C2=O)cc1OC. The van der Waals surface area contributed by atoms with Gasteiger partial charge in [0.2, 0.25) is 0 Å². The molecule has 2 amide bonds. The second-order valence-corrected chi connectivity index (χ2v) is 11.8. The van der Waals surface area contributed by atoms with E-state index in [-0.39, 0.29) is 19.0 Å². The maximum Gasteiger partial charge on any atom is 0.333 e. The van der Waals surface area contributed by atoms with Gasteiger partial charge in [0.05, 0.1) is 37.1 Å². The average molecular weight is 609 g/mol. The van der Waals surface area contributed by atoms with Crippen LogP contribution in [0.1, 0.15) is 57.3 Å². The molecular weight excluding hydrogens is 572 g/mol. The first-order valence-corrected chi connectivity index (χ1v) is 15.6. The largest absolute Gasteiger partial charge is 0.493 e. The Hall–Kier alpha value is -3.97. The Labute approximate surface area is 251 Å². The minimum Gasteiger partial charge on any atom is -0.493 e. The highest BCUT2D eigenvalue weighted by atomic mass is 32.2. The van der Waals surface area contributed by atoms with Crippen LogP contribution in [-0.4, -0.2) is 81.5 Å². The van der Waals surface area contributed by atoms with Gasteiger partial charge in [0, 0.05) is 38.8 Å². The van der Waals surface area contributed by atoms with Crippen LogP contribution in [0.2, 0.25) is 0 Å². The Morgan fingerprint density at radius 2 is 1.56 bits per heavy atom. The van der Waals surface area contributed by atoms with E-state index in [0.717, 1.165) is 13.1 Å². The lowest BCUT2D eigenvalue weighted by Gasteiger charge is -2.39. The van der Waals surface area contributed by atoms with Crippen molar-refractivity contribution in [2.24, 2.45) is 0 Å². The number of carbonyl (C=O) groups is 2. The number of benzene rings is 3. The molecule has 0 aliphatic carbocycles. The number of anilines is 1. The lowest BCUT2D eigenvalue weighted by molar-refractivity contribution is 0.0575. The molecule has 43 heavy (non-hydrogen) atoms. The molecule has 1 saturated heterocycles. The second kappa shape index (κ2) is 12.7. The molecule has 0 bridgehead atoms. The quantitative estimate of drug-likeness (QED) is 0.247. The van der Waals surface area contributed by atoms with E-state index in [1.165, 1.54) is 24.7 Å². The molecule has 2 N–H and O–H groups in total. The highest BCUT2D eigenvalue weighted by molar-refractivity contribution is 7.83. The van der Waals surface area contributed by atoms with E-state index >= 15 is 0 Å². The Balaban J connectivity index is 1.42. The number of rotatable bonds is 11. The van der Waals surface area contributed by atoms with Crippen LogP contribution in [0.25, 0.3) is 0 Å². The molecule has 11 nitrogen and oxygen atoms in total. The smallest absolute Gasteiger partial charge is 0.333 e. The number of piperazine rings is 1. The van der Waals surface area contributed by atoms with Crippen LogP contribution < -0.4 is 19.1 Å². The predicted octanol–water partition coefficient (Wildman–Crippen LogP) is 3.71. The first kappa shape index (κ1) is 30.5. The van der Waals surface area contributed by atoms with E-state index in [1.54, 1.807) is 30.3 Å². The molecule has 2 aliphatic heterocycles. The Morgan fingerprint density at radius 1 is 0.860 bits per heavy atom. The zero-order valence-electron chi connectivity index (χ0n) is 24.4. The molecule has 1 fully saturated rings. The normalized spacial score (nSPS) is 17.1. The monoisotopic (exact) mass is 608 g/mol. The van der Waals surface area contributed by atoms with Crippen molar-refractivity contribution < 1.29 is 32.0 Å². The minimum atomic E-state index is -4.47. The fraction of sp³-hybridized carbons (Fsp3) is 0.355. The fourth-order valence-electron chi connectivity index (χ4n) is 5.95. The van der Waals surface area contributed by atoms with Crippen LogP contribution in [0.5, 0.6) is 11.5 Å². The number of hydrogen-bond acceptors (Lipinski definition) is 8. The van der Waals surface area contributed by atoms with Gasteiger partial charge in [0.15, 0.2) is 11.5 Å². The first-order valence-electron chi connectivity index (χ1n) is 14.1. The third-order valence-electron chi connectivity index (χ3n) is 8.22. The predicted molar refractivity (Wildman–Crippen MR) is 162 cm³/mol. The maximum absolute atomic E-state index is 14.1. The van der Waals surface area contributed by atoms with Crippen LogP contribution in [-0.2, 0) is 10.3 Å². The molecule has 2 aliphatic rings. The average Bonchev–Trinajstić information content (AvgIpc) is 3.27. The van der Waals surface area contributed by atoms with E-state index in [1.807, 2.05) is 29.0 Å². The molecule has 3 aromatic carbocycles. The van der Waals surface area contributed by atoms with E-state index < -0.39 is 28.2 Å². The van der Waals surface area contributed by atoms with Crippen LogP contribution in [0.4, 0.5) is 5.69 Å². The van der Waals surface area contributed by atoms with Crippen molar-refractivity contribution >= 4 is 27.8 Å². The summed E-state index contributed by atoms with van der Waals surface area (Å²) in [6.07, 6.45) is 0.0200. The summed E-state index contributed by atoms with van der Waals surface area (Å²) < 4.78 is 44.8. The topological polar surface area (TPSA) is 129 Å². The van der Waals surface area contributed by atoms with E-state index in [9.17, 15) is 22.6 Å². The number of nitrogens with zero attached hydrogens (tertiary/aromatic N) is 3. The molecule has 0 unspecified atom stereocenters. The second-order valence-electron chi connectivity index (χ2n) is 10.6. The van der Waals surface area contributed by atoms with Crippen LogP contribution in [0.15, 0.2) is 66.7 Å². The van der Waals surface area contributed by atoms with Crippen LogP contribution in [0, 0.1) is 0 Å². The van der Waals surface area contributed by atoms with Crippen molar-refractivity contribution in [2.45, 2.75) is 25.4 Å². The summed E-state index contributed by atoms with van der Waals surface area (Å²) in [5, 5.41) is 0.